The van der Waals surface area contributed by atoms with Gasteiger partial charge in [0.15, 0.2) is 5.82 Å². The van der Waals surface area contributed by atoms with Crippen LogP contribution in [0.5, 0.6) is 5.75 Å². The van der Waals surface area contributed by atoms with Gasteiger partial charge in [-0.2, -0.15) is 22.8 Å². The predicted molar refractivity (Wildman–Crippen MR) is 147 cm³/mol. The number of alkyl halides is 3. The number of nitrogens with zero attached hydrogens (tertiary/aromatic N) is 4. The molecule has 3 rings (SSSR count). The number of halogens is 3. The third-order valence-electron chi connectivity index (χ3n) is 6.49. The molecule has 10 heteroatoms. The lowest BCUT2D eigenvalue weighted by atomic mass is 9.84. The first-order valence-corrected chi connectivity index (χ1v) is 13.1. The minimum atomic E-state index is -4.52. The second-order valence-corrected chi connectivity index (χ2v) is 11.5. The normalized spacial score (nSPS) is 12.5. The van der Waals surface area contributed by atoms with Crippen molar-refractivity contribution in [3.63, 3.8) is 0 Å². The van der Waals surface area contributed by atoms with Crippen LogP contribution in [0, 0.1) is 5.41 Å². The smallest absolute Gasteiger partial charge is 0.416 e. The van der Waals surface area contributed by atoms with Crippen LogP contribution in [-0.4, -0.2) is 45.4 Å². The number of nitrogens with one attached hydrogen (secondary N) is 1. The number of carbonyl (C=O) groups is 1. The van der Waals surface area contributed by atoms with Crippen molar-refractivity contribution >= 4 is 11.9 Å². The highest BCUT2D eigenvalue weighted by Gasteiger charge is 2.33. The zero-order valence-electron chi connectivity index (χ0n) is 23.6. The minimum Gasteiger partial charge on any atom is -0.507 e. The number of hydrogen-bond donors (Lipinski definition) is 2. The zero-order valence-corrected chi connectivity index (χ0v) is 23.6. The maximum Gasteiger partial charge on any atom is 0.416 e. The molecule has 39 heavy (non-hydrogen) atoms. The topological polar surface area (TPSA) is 83.3 Å². The fourth-order valence-electron chi connectivity index (χ4n) is 4.26. The first kappa shape index (κ1) is 30.0. The Hall–Kier alpha value is -3.56. The van der Waals surface area contributed by atoms with Gasteiger partial charge in [0.05, 0.1) is 16.8 Å². The number of phenols is 1. The van der Waals surface area contributed by atoms with E-state index in [0.29, 0.717) is 36.1 Å². The Bertz CT molecular complexity index is 1300. The maximum atomic E-state index is 13.8. The Kier molecular flexibility index (Phi) is 8.67. The molecule has 0 saturated heterocycles. The average Bonchev–Trinajstić information content (AvgIpc) is 3.28. The van der Waals surface area contributed by atoms with Crippen molar-refractivity contribution in [1.82, 2.24) is 20.1 Å². The van der Waals surface area contributed by atoms with E-state index in [1.165, 1.54) is 18.2 Å². The number of rotatable bonds is 9. The van der Waals surface area contributed by atoms with Crippen molar-refractivity contribution in [3.8, 4) is 11.4 Å². The molecule has 1 amide bonds. The highest BCUT2D eigenvalue weighted by Crippen LogP contribution is 2.35. The first-order chi connectivity index (χ1) is 18.1. The minimum absolute atomic E-state index is 0.134. The summed E-state index contributed by atoms with van der Waals surface area (Å²) in [4.78, 5) is 19.5. The molecule has 1 aromatic heterocycles. The second-order valence-electron chi connectivity index (χ2n) is 11.5. The van der Waals surface area contributed by atoms with Crippen molar-refractivity contribution < 1.29 is 23.1 Å². The van der Waals surface area contributed by atoms with Crippen LogP contribution in [-0.2, 0) is 18.0 Å². The summed E-state index contributed by atoms with van der Waals surface area (Å²) in [6.07, 6.45) is -4.30. The fraction of sp³-hybridized carbons (Fsp3) is 0.483. The molecule has 212 valence electrons. The quantitative estimate of drug-likeness (QED) is 0.338. The molecule has 7 nitrogen and oxygen atoms in total. The largest absolute Gasteiger partial charge is 0.507 e. The van der Waals surface area contributed by atoms with E-state index in [0.717, 1.165) is 12.1 Å². The van der Waals surface area contributed by atoms with E-state index in [1.807, 2.05) is 53.4 Å². The SMILES string of the molecule is CCN(CC)c1nc(C(C)(C)C)nn1-c1ccc(C(F)(F)F)cc1CC(C)(C)CNC(=O)c1ccccc1O. The Morgan fingerprint density at radius 1 is 1.03 bits per heavy atom. The van der Waals surface area contributed by atoms with Gasteiger partial charge in [-0.3, -0.25) is 4.79 Å². The van der Waals surface area contributed by atoms with Gasteiger partial charge in [0, 0.05) is 25.0 Å². The van der Waals surface area contributed by atoms with Crippen molar-refractivity contribution in [1.29, 1.82) is 0 Å². The summed E-state index contributed by atoms with van der Waals surface area (Å²) in [5.41, 5.74) is -0.684. The van der Waals surface area contributed by atoms with Crippen LogP contribution < -0.4 is 10.2 Å². The molecule has 0 spiro atoms. The van der Waals surface area contributed by atoms with E-state index in [2.05, 4.69) is 5.32 Å². The van der Waals surface area contributed by atoms with Crippen molar-refractivity contribution in [2.24, 2.45) is 5.41 Å². The number of carbonyl (C=O) groups excluding carboxylic acids is 1. The van der Waals surface area contributed by atoms with Gasteiger partial charge in [0.25, 0.3) is 5.91 Å². The van der Waals surface area contributed by atoms with Gasteiger partial charge >= 0.3 is 6.18 Å². The molecule has 2 aromatic carbocycles. The van der Waals surface area contributed by atoms with Crippen molar-refractivity contribution in [2.45, 2.75) is 66.5 Å². The summed E-state index contributed by atoms with van der Waals surface area (Å²) in [5.74, 6) is 0.555. The van der Waals surface area contributed by atoms with Gasteiger partial charge in [-0.1, -0.05) is 46.8 Å². The Morgan fingerprint density at radius 3 is 2.23 bits per heavy atom. The molecule has 0 atom stereocenters. The standard InChI is InChI=1S/C29H38F3N5O2/c1-8-36(9-2)26-34-25(27(3,4)5)35-37(26)22-15-14-20(29(30,31)32)16-19(22)17-28(6,7)18-33-24(39)21-12-10-11-13-23(21)38/h10-16,38H,8-9,17-18H2,1-7H3,(H,33,39). The van der Waals surface area contributed by atoms with Gasteiger partial charge in [-0.05, 0) is 61.6 Å². The van der Waals surface area contributed by atoms with E-state index < -0.39 is 23.1 Å². The molecule has 0 aliphatic heterocycles. The molecule has 2 N–H and O–H groups in total. The molecule has 3 aromatic rings. The fourth-order valence-corrected chi connectivity index (χ4v) is 4.26. The maximum absolute atomic E-state index is 13.8. The number of benzene rings is 2. The summed E-state index contributed by atoms with van der Waals surface area (Å²) >= 11 is 0. The number of amides is 1. The molecular weight excluding hydrogens is 507 g/mol. The van der Waals surface area contributed by atoms with Gasteiger partial charge in [0.1, 0.15) is 5.75 Å². The van der Waals surface area contributed by atoms with E-state index in [-0.39, 0.29) is 29.7 Å². The molecule has 0 saturated carbocycles. The number of aromatic nitrogens is 3. The lowest BCUT2D eigenvalue weighted by Crippen LogP contribution is -2.35. The number of phenolic OH excluding ortho intramolecular Hbond substituents is 1. The molecule has 0 radical (unpaired) electrons. The Morgan fingerprint density at radius 2 is 1.67 bits per heavy atom. The van der Waals surface area contributed by atoms with Crippen molar-refractivity contribution in [3.05, 3.63) is 65.0 Å². The van der Waals surface area contributed by atoms with E-state index in [1.54, 1.807) is 16.8 Å². The summed E-state index contributed by atoms with van der Waals surface area (Å²) < 4.78 is 42.9. The lowest BCUT2D eigenvalue weighted by molar-refractivity contribution is -0.137. The van der Waals surface area contributed by atoms with Crippen LogP contribution in [0.3, 0.4) is 0 Å². The number of para-hydroxylation sites is 1. The Balaban J connectivity index is 2.05. The van der Waals surface area contributed by atoms with Crippen LogP contribution >= 0.6 is 0 Å². The van der Waals surface area contributed by atoms with E-state index in [9.17, 15) is 23.1 Å². The van der Waals surface area contributed by atoms with Crippen LogP contribution in [0.15, 0.2) is 42.5 Å². The third kappa shape index (κ3) is 7.10. The second kappa shape index (κ2) is 11.3. The number of anilines is 1. The summed E-state index contributed by atoms with van der Waals surface area (Å²) in [6, 6.07) is 9.87. The monoisotopic (exact) mass is 545 g/mol. The van der Waals surface area contributed by atoms with Gasteiger partial charge in [-0.15, -0.1) is 5.10 Å². The number of hydrogen-bond acceptors (Lipinski definition) is 5. The molecule has 0 fully saturated rings. The Labute approximate surface area is 228 Å². The molecule has 0 bridgehead atoms. The predicted octanol–water partition coefficient (Wildman–Crippen LogP) is 6.13. The highest BCUT2D eigenvalue weighted by molar-refractivity contribution is 5.96. The molecule has 0 aliphatic rings. The molecular formula is C29H38F3N5O2. The summed E-state index contributed by atoms with van der Waals surface area (Å²) in [6.45, 7) is 15.2. The molecule has 0 aliphatic carbocycles. The van der Waals surface area contributed by atoms with Crippen LogP contribution in [0.25, 0.3) is 5.69 Å². The highest BCUT2D eigenvalue weighted by atomic mass is 19.4. The van der Waals surface area contributed by atoms with Crippen LogP contribution in [0.1, 0.15) is 75.8 Å². The van der Waals surface area contributed by atoms with E-state index >= 15 is 0 Å². The lowest BCUT2D eigenvalue weighted by Gasteiger charge is -2.28. The van der Waals surface area contributed by atoms with E-state index in [4.69, 9.17) is 10.1 Å². The third-order valence-corrected chi connectivity index (χ3v) is 6.49. The molecule has 1 heterocycles. The zero-order chi connectivity index (χ0) is 29.2. The number of aromatic hydroxyl groups is 1. The molecule has 0 unspecified atom stereocenters. The average molecular weight is 546 g/mol. The van der Waals surface area contributed by atoms with Gasteiger partial charge in [-0.25, -0.2) is 0 Å². The van der Waals surface area contributed by atoms with Gasteiger partial charge < -0.3 is 15.3 Å². The first-order valence-electron chi connectivity index (χ1n) is 13.1. The van der Waals surface area contributed by atoms with Gasteiger partial charge in [0.2, 0.25) is 5.95 Å². The summed E-state index contributed by atoms with van der Waals surface area (Å²) in [7, 11) is 0. The summed E-state index contributed by atoms with van der Waals surface area (Å²) in [5, 5.41) is 17.6. The van der Waals surface area contributed by atoms with Crippen molar-refractivity contribution in [2.75, 3.05) is 24.5 Å². The van der Waals surface area contributed by atoms with Crippen LogP contribution in [0.2, 0.25) is 0 Å². The van der Waals surface area contributed by atoms with Crippen LogP contribution in [0.4, 0.5) is 19.1 Å².